The number of hydrogen-bond donors (Lipinski definition) is 3. The second-order valence-electron chi connectivity index (χ2n) is 8.00. The molecule has 1 saturated heterocycles. The standard InChI is InChI=1S/C20H28N4O2.ClH/c21-18-14-7-6-13(12-14)17(18)19(25)22-16-8-10-24(11-9-16)20(26)23-15-4-2-1-3-5-15;/h1-5,13-14,16-18H,6-12,21H2,(H,22,25)(H,23,26);1H. The van der Waals surface area contributed by atoms with Gasteiger partial charge in [0, 0.05) is 30.9 Å². The number of carbonyl (C=O) groups excluding carboxylic acids is 2. The van der Waals surface area contributed by atoms with E-state index in [2.05, 4.69) is 10.6 Å². The monoisotopic (exact) mass is 392 g/mol. The van der Waals surface area contributed by atoms with E-state index in [1.54, 1.807) is 0 Å². The molecule has 0 aromatic heterocycles. The van der Waals surface area contributed by atoms with E-state index in [1.807, 2.05) is 35.2 Å². The van der Waals surface area contributed by atoms with Gasteiger partial charge in [-0.15, -0.1) is 12.4 Å². The molecule has 3 aliphatic rings. The molecule has 4 atom stereocenters. The van der Waals surface area contributed by atoms with Crippen LogP contribution in [0.3, 0.4) is 0 Å². The number of rotatable bonds is 3. The highest BCUT2D eigenvalue weighted by molar-refractivity contribution is 5.89. The number of anilines is 1. The van der Waals surface area contributed by atoms with Crippen molar-refractivity contribution in [1.29, 1.82) is 0 Å². The van der Waals surface area contributed by atoms with Crippen LogP contribution in [0, 0.1) is 17.8 Å². The Morgan fingerprint density at radius 1 is 1.00 bits per heavy atom. The third-order valence-electron chi connectivity index (χ3n) is 6.44. The van der Waals surface area contributed by atoms with Crippen LogP contribution in [0.5, 0.6) is 0 Å². The van der Waals surface area contributed by atoms with Crippen LogP contribution in [0.4, 0.5) is 10.5 Å². The van der Waals surface area contributed by atoms with Gasteiger partial charge in [0.15, 0.2) is 0 Å². The molecule has 27 heavy (non-hydrogen) atoms. The lowest BCUT2D eigenvalue weighted by atomic mass is 9.84. The molecule has 0 spiro atoms. The molecule has 1 aliphatic heterocycles. The second kappa shape index (κ2) is 8.48. The van der Waals surface area contributed by atoms with Crippen molar-refractivity contribution in [3.05, 3.63) is 30.3 Å². The van der Waals surface area contributed by atoms with E-state index in [4.69, 9.17) is 5.73 Å². The van der Waals surface area contributed by atoms with Gasteiger partial charge in [-0.3, -0.25) is 4.79 Å². The maximum absolute atomic E-state index is 12.7. The molecule has 1 aromatic carbocycles. The first kappa shape index (κ1) is 20.0. The van der Waals surface area contributed by atoms with E-state index < -0.39 is 0 Å². The van der Waals surface area contributed by atoms with Gasteiger partial charge in [0.05, 0.1) is 5.92 Å². The van der Waals surface area contributed by atoms with Gasteiger partial charge < -0.3 is 21.3 Å². The first-order valence-corrected chi connectivity index (χ1v) is 9.79. The molecule has 4 N–H and O–H groups in total. The molecule has 2 aliphatic carbocycles. The number of benzene rings is 1. The molecule has 3 amide bonds. The minimum atomic E-state index is -0.0731. The van der Waals surface area contributed by atoms with Crippen molar-refractivity contribution in [2.75, 3.05) is 18.4 Å². The normalized spacial score (nSPS) is 29.9. The summed E-state index contributed by atoms with van der Waals surface area (Å²) in [5.74, 6) is 1.15. The number of nitrogens with one attached hydrogen (secondary N) is 2. The minimum Gasteiger partial charge on any atom is -0.353 e. The van der Waals surface area contributed by atoms with Crippen molar-refractivity contribution in [1.82, 2.24) is 10.2 Å². The Hall–Kier alpha value is -1.79. The molecule has 7 heteroatoms. The van der Waals surface area contributed by atoms with Crippen LogP contribution < -0.4 is 16.4 Å². The molecule has 6 nitrogen and oxygen atoms in total. The molecule has 0 radical (unpaired) electrons. The number of likely N-dealkylation sites (tertiary alicyclic amines) is 1. The van der Waals surface area contributed by atoms with Crippen LogP contribution in [0.15, 0.2) is 30.3 Å². The molecule has 4 rings (SSSR count). The fourth-order valence-corrected chi connectivity index (χ4v) is 4.97. The van der Waals surface area contributed by atoms with E-state index in [1.165, 1.54) is 6.42 Å². The van der Waals surface area contributed by atoms with E-state index >= 15 is 0 Å². The number of halogens is 1. The van der Waals surface area contributed by atoms with Gasteiger partial charge in [-0.25, -0.2) is 4.79 Å². The molecule has 3 fully saturated rings. The smallest absolute Gasteiger partial charge is 0.321 e. The maximum Gasteiger partial charge on any atom is 0.321 e. The Bertz CT molecular complexity index is 661. The quantitative estimate of drug-likeness (QED) is 0.738. The van der Waals surface area contributed by atoms with Crippen molar-refractivity contribution in [2.24, 2.45) is 23.5 Å². The van der Waals surface area contributed by atoms with Gasteiger partial charge >= 0.3 is 6.03 Å². The largest absolute Gasteiger partial charge is 0.353 e. The number of nitrogens with zero attached hydrogens (tertiary/aromatic N) is 1. The number of fused-ring (bicyclic) bond motifs is 2. The third-order valence-corrected chi connectivity index (χ3v) is 6.44. The molecule has 4 unspecified atom stereocenters. The molecule has 1 heterocycles. The summed E-state index contributed by atoms with van der Waals surface area (Å²) in [4.78, 5) is 26.9. The van der Waals surface area contributed by atoms with Gasteiger partial charge in [-0.05, 0) is 56.1 Å². The fourth-order valence-electron chi connectivity index (χ4n) is 4.97. The van der Waals surface area contributed by atoms with Gasteiger partial charge in [-0.2, -0.15) is 0 Å². The predicted octanol–water partition coefficient (Wildman–Crippen LogP) is 2.59. The van der Waals surface area contributed by atoms with Crippen LogP contribution >= 0.6 is 12.4 Å². The number of carbonyl (C=O) groups is 2. The van der Waals surface area contributed by atoms with Crippen LogP contribution in [-0.4, -0.2) is 42.0 Å². The second-order valence-corrected chi connectivity index (χ2v) is 8.00. The van der Waals surface area contributed by atoms with E-state index in [9.17, 15) is 9.59 Å². The van der Waals surface area contributed by atoms with Gasteiger partial charge in [0.2, 0.25) is 5.91 Å². The van der Waals surface area contributed by atoms with E-state index in [0.717, 1.165) is 31.4 Å². The molecule has 1 aromatic rings. The summed E-state index contributed by atoms with van der Waals surface area (Å²) in [6.07, 6.45) is 5.05. The van der Waals surface area contributed by atoms with Crippen molar-refractivity contribution in [3.8, 4) is 0 Å². The van der Waals surface area contributed by atoms with Gasteiger partial charge in [0.25, 0.3) is 0 Å². The van der Waals surface area contributed by atoms with Crippen LogP contribution in [0.2, 0.25) is 0 Å². The summed E-state index contributed by atoms with van der Waals surface area (Å²) in [7, 11) is 0. The van der Waals surface area contributed by atoms with Crippen LogP contribution in [-0.2, 0) is 4.79 Å². The number of para-hydroxylation sites is 1. The molecular weight excluding hydrogens is 364 g/mol. The lowest BCUT2D eigenvalue weighted by Gasteiger charge is -2.34. The summed E-state index contributed by atoms with van der Waals surface area (Å²) in [6.45, 7) is 1.32. The number of hydrogen-bond acceptors (Lipinski definition) is 3. The average Bonchev–Trinajstić information content (AvgIpc) is 3.24. The summed E-state index contributed by atoms with van der Waals surface area (Å²) < 4.78 is 0. The Morgan fingerprint density at radius 2 is 1.67 bits per heavy atom. The Balaban J connectivity index is 0.00000210. The minimum absolute atomic E-state index is 0. The molecular formula is C20H29ClN4O2. The third kappa shape index (κ3) is 4.22. The van der Waals surface area contributed by atoms with Crippen LogP contribution in [0.1, 0.15) is 32.1 Å². The number of piperidine rings is 1. The first-order chi connectivity index (χ1) is 12.6. The Morgan fingerprint density at radius 3 is 2.30 bits per heavy atom. The van der Waals surface area contributed by atoms with Gasteiger partial charge in [0.1, 0.15) is 0 Å². The summed E-state index contributed by atoms with van der Waals surface area (Å²) in [6, 6.07) is 9.59. The number of nitrogens with two attached hydrogens (primary N) is 1. The summed E-state index contributed by atoms with van der Waals surface area (Å²) in [5, 5.41) is 6.13. The molecule has 2 saturated carbocycles. The molecule has 2 bridgehead atoms. The highest BCUT2D eigenvalue weighted by Gasteiger charge is 2.49. The van der Waals surface area contributed by atoms with E-state index in [0.29, 0.717) is 24.9 Å². The zero-order valence-corrected chi connectivity index (χ0v) is 16.3. The number of urea groups is 1. The lowest BCUT2D eigenvalue weighted by Crippen LogP contribution is -2.52. The predicted molar refractivity (Wildman–Crippen MR) is 108 cm³/mol. The van der Waals surface area contributed by atoms with Crippen LogP contribution in [0.25, 0.3) is 0 Å². The highest BCUT2D eigenvalue weighted by atomic mass is 35.5. The zero-order chi connectivity index (χ0) is 18.1. The number of amides is 3. The van der Waals surface area contributed by atoms with Gasteiger partial charge in [-0.1, -0.05) is 18.2 Å². The van der Waals surface area contributed by atoms with Crippen molar-refractivity contribution in [2.45, 2.75) is 44.2 Å². The molecule has 148 valence electrons. The lowest BCUT2D eigenvalue weighted by molar-refractivity contribution is -0.128. The summed E-state index contributed by atoms with van der Waals surface area (Å²) in [5.41, 5.74) is 7.09. The van der Waals surface area contributed by atoms with Crippen molar-refractivity contribution >= 4 is 30.0 Å². The Labute approximate surface area is 166 Å². The topological polar surface area (TPSA) is 87.5 Å². The van der Waals surface area contributed by atoms with E-state index in [-0.39, 0.29) is 42.3 Å². The Kier molecular flexibility index (Phi) is 6.27. The first-order valence-electron chi connectivity index (χ1n) is 9.79. The summed E-state index contributed by atoms with van der Waals surface area (Å²) >= 11 is 0. The van der Waals surface area contributed by atoms with Crippen molar-refractivity contribution in [3.63, 3.8) is 0 Å². The highest BCUT2D eigenvalue weighted by Crippen LogP contribution is 2.47. The van der Waals surface area contributed by atoms with Crippen molar-refractivity contribution < 1.29 is 9.59 Å². The average molecular weight is 393 g/mol. The maximum atomic E-state index is 12.7. The SMILES string of the molecule is Cl.NC1C2CCC(C2)C1C(=O)NC1CCN(C(=O)Nc2ccccc2)CC1. The zero-order valence-electron chi connectivity index (χ0n) is 15.5. The fraction of sp³-hybridized carbons (Fsp3) is 0.600.